The van der Waals surface area contributed by atoms with Crippen LogP contribution in [0.4, 0.5) is 0 Å². The van der Waals surface area contributed by atoms with E-state index in [4.69, 9.17) is 19.5 Å². The number of carbonyl (C=O) groups excluding carboxylic acids is 3. The number of para-hydroxylation sites is 1. The number of aromatic nitrogens is 2. The maximum absolute atomic E-state index is 12.4. The molecule has 5 atom stereocenters. The zero-order chi connectivity index (χ0) is 39.3. The average molecular weight is 750 g/mol. The molecule has 3 heterocycles. The molecule has 7 rings (SSSR count). The van der Waals surface area contributed by atoms with Crippen LogP contribution in [-0.4, -0.2) is 52.6 Å². The molecule has 2 aromatic heterocycles. The monoisotopic (exact) mass is 749 g/mol. The molecule has 2 saturated carbocycles. The van der Waals surface area contributed by atoms with Gasteiger partial charge in [-0.1, -0.05) is 90.3 Å². The third-order valence-corrected chi connectivity index (χ3v) is 12.1. The molecule has 55 heavy (non-hydrogen) atoms. The van der Waals surface area contributed by atoms with Crippen LogP contribution in [0.5, 0.6) is 0 Å². The van der Waals surface area contributed by atoms with Gasteiger partial charge in [0, 0.05) is 23.9 Å². The van der Waals surface area contributed by atoms with Gasteiger partial charge in [0.05, 0.1) is 23.4 Å². The molecule has 11 nitrogen and oxygen atoms in total. The minimum atomic E-state index is -0.608. The number of pyridine rings is 1. The summed E-state index contributed by atoms with van der Waals surface area (Å²) in [7, 11) is -0.446. The van der Waals surface area contributed by atoms with E-state index >= 15 is 0 Å². The first kappa shape index (κ1) is 40.1. The number of primary amides is 1. The number of benzene rings is 2. The summed E-state index contributed by atoms with van der Waals surface area (Å²) >= 11 is 0. The van der Waals surface area contributed by atoms with E-state index < -0.39 is 19.1 Å². The fourth-order valence-corrected chi connectivity index (χ4v) is 8.28. The second kappa shape index (κ2) is 17.1. The Morgan fingerprint density at radius 3 is 2.53 bits per heavy atom. The molecule has 1 saturated heterocycles. The van der Waals surface area contributed by atoms with Crippen LogP contribution in [0.2, 0.25) is 0 Å². The SMILES string of the molecule is CCC(C)CC(=O)NCc1cc(B2O[C@@H]3C[C@H](C)C(C)(C)C[C@]3(C)O2)cc(-c2cnco2)c1.NC(=O)C(NC(=O)c1ccc2ccccc2n1)C1CCCC1. The van der Waals surface area contributed by atoms with Crippen molar-refractivity contribution >= 4 is 41.2 Å². The Kier molecular flexibility index (Phi) is 12.5. The highest BCUT2D eigenvalue weighted by atomic mass is 16.7. The topological polar surface area (TPSA) is 159 Å². The molecule has 3 aliphatic rings. The first-order valence-corrected chi connectivity index (χ1v) is 19.8. The van der Waals surface area contributed by atoms with Crippen molar-refractivity contribution in [2.45, 2.75) is 117 Å². The lowest BCUT2D eigenvalue weighted by Crippen LogP contribution is -2.49. The van der Waals surface area contributed by atoms with Crippen molar-refractivity contribution in [1.29, 1.82) is 0 Å². The first-order valence-electron chi connectivity index (χ1n) is 19.8. The molecule has 0 spiro atoms. The van der Waals surface area contributed by atoms with E-state index in [1.807, 2.05) is 42.5 Å². The van der Waals surface area contributed by atoms with Crippen molar-refractivity contribution in [3.05, 3.63) is 78.4 Å². The van der Waals surface area contributed by atoms with E-state index in [9.17, 15) is 14.4 Å². The highest BCUT2D eigenvalue weighted by molar-refractivity contribution is 6.62. The number of hydrogen-bond acceptors (Lipinski definition) is 8. The number of nitrogens with two attached hydrogens (primary N) is 1. The van der Waals surface area contributed by atoms with Crippen LogP contribution >= 0.6 is 0 Å². The van der Waals surface area contributed by atoms with Crippen molar-refractivity contribution in [1.82, 2.24) is 20.6 Å². The molecule has 0 radical (unpaired) electrons. The summed E-state index contributed by atoms with van der Waals surface area (Å²) < 4.78 is 18.6. The van der Waals surface area contributed by atoms with Gasteiger partial charge < -0.3 is 30.1 Å². The van der Waals surface area contributed by atoms with Crippen LogP contribution in [0.25, 0.3) is 22.2 Å². The Morgan fingerprint density at radius 2 is 1.82 bits per heavy atom. The number of oxazole rings is 1. The summed E-state index contributed by atoms with van der Waals surface area (Å²) in [6.07, 6.45) is 10.7. The summed E-state index contributed by atoms with van der Waals surface area (Å²) in [6.45, 7) is 13.8. The molecule has 3 fully saturated rings. The summed E-state index contributed by atoms with van der Waals surface area (Å²) in [6, 6.07) is 16.7. The molecule has 4 N–H and O–H groups in total. The predicted molar refractivity (Wildman–Crippen MR) is 214 cm³/mol. The lowest BCUT2D eigenvalue weighted by molar-refractivity contribution is -0.122. The molecule has 0 bridgehead atoms. The lowest BCUT2D eigenvalue weighted by Gasteiger charge is -2.47. The Morgan fingerprint density at radius 1 is 1.05 bits per heavy atom. The zero-order valence-electron chi connectivity index (χ0n) is 33.1. The van der Waals surface area contributed by atoms with Gasteiger partial charge in [-0.25, -0.2) is 9.97 Å². The normalized spacial score (nSPS) is 23.0. The van der Waals surface area contributed by atoms with E-state index in [0.717, 1.165) is 72.4 Å². The third-order valence-electron chi connectivity index (χ3n) is 12.1. The van der Waals surface area contributed by atoms with Gasteiger partial charge in [-0.2, -0.15) is 0 Å². The second-order valence-electron chi connectivity index (χ2n) is 16.8. The fraction of sp³-hybridized carbons (Fsp3) is 0.512. The zero-order valence-corrected chi connectivity index (χ0v) is 33.1. The molecule has 292 valence electrons. The maximum atomic E-state index is 12.4. The Labute approximate surface area is 325 Å². The standard InChI is InChI=1S/C26H37BN2O4.C17H19N3O2/c1-7-17(2)8-24(30)29-13-19-10-20(22-14-28-16-31-22)12-21(11-19)27-32-23-9-18(3)25(4,5)15-26(23,6)33-27;18-16(21)15(12-6-1-2-7-12)20-17(22)14-10-9-11-5-3-4-8-13(11)19-14/h10-12,14,16-18,23H,7-9,13,15H2,1-6H3,(H,29,30);3-5,8-10,12,15H,1-2,6-7H2,(H2,18,21)(H,20,22)/t17?,18-,23+,26-;/m0./s1. The highest BCUT2D eigenvalue weighted by Crippen LogP contribution is 2.50. The second-order valence-corrected chi connectivity index (χ2v) is 16.8. The highest BCUT2D eigenvalue weighted by Gasteiger charge is 2.55. The van der Waals surface area contributed by atoms with Crippen LogP contribution in [0.3, 0.4) is 0 Å². The number of carbonyl (C=O) groups is 3. The molecule has 2 aliphatic carbocycles. The Hall–Kier alpha value is -4.55. The van der Waals surface area contributed by atoms with Gasteiger partial charge in [0.2, 0.25) is 11.8 Å². The Balaban J connectivity index is 0.000000203. The molecule has 1 aliphatic heterocycles. The lowest BCUT2D eigenvalue weighted by atomic mass is 9.63. The summed E-state index contributed by atoms with van der Waals surface area (Å²) in [5.74, 6) is 1.01. The van der Waals surface area contributed by atoms with Crippen molar-refractivity contribution in [3.8, 4) is 11.3 Å². The van der Waals surface area contributed by atoms with E-state index in [2.05, 4.69) is 68.2 Å². The van der Waals surface area contributed by atoms with Crippen molar-refractivity contribution in [3.63, 3.8) is 0 Å². The number of fused-ring (bicyclic) bond motifs is 2. The first-order chi connectivity index (χ1) is 26.2. The van der Waals surface area contributed by atoms with Crippen LogP contribution in [0, 0.1) is 23.2 Å². The minimum absolute atomic E-state index is 0.0677. The predicted octanol–water partition coefficient (Wildman–Crippen LogP) is 6.73. The van der Waals surface area contributed by atoms with Gasteiger partial charge in [-0.15, -0.1) is 0 Å². The number of nitrogens with one attached hydrogen (secondary N) is 2. The van der Waals surface area contributed by atoms with Crippen molar-refractivity contribution in [2.24, 2.45) is 28.9 Å². The molecule has 2 unspecified atom stereocenters. The van der Waals surface area contributed by atoms with Crippen LogP contribution < -0.4 is 21.8 Å². The molecule has 3 amide bonds. The van der Waals surface area contributed by atoms with Gasteiger partial charge in [0.1, 0.15) is 11.7 Å². The summed E-state index contributed by atoms with van der Waals surface area (Å²) in [5.41, 5.74) is 9.24. The number of amides is 3. The van der Waals surface area contributed by atoms with Gasteiger partial charge in [0.25, 0.3) is 5.91 Å². The van der Waals surface area contributed by atoms with E-state index in [1.54, 1.807) is 12.3 Å². The van der Waals surface area contributed by atoms with E-state index in [-0.39, 0.29) is 34.9 Å². The minimum Gasteiger partial charge on any atom is -0.444 e. The maximum Gasteiger partial charge on any atom is 0.494 e. The van der Waals surface area contributed by atoms with Crippen LogP contribution in [0.1, 0.15) is 109 Å². The molecular weight excluding hydrogens is 693 g/mol. The van der Waals surface area contributed by atoms with Gasteiger partial charge in [0.15, 0.2) is 12.2 Å². The summed E-state index contributed by atoms with van der Waals surface area (Å²) in [5, 5.41) is 6.80. The van der Waals surface area contributed by atoms with E-state index in [1.165, 1.54) is 6.39 Å². The van der Waals surface area contributed by atoms with Crippen molar-refractivity contribution < 1.29 is 28.1 Å². The third kappa shape index (κ3) is 9.65. The summed E-state index contributed by atoms with van der Waals surface area (Å²) in [4.78, 5) is 44.8. The number of rotatable bonds is 11. The van der Waals surface area contributed by atoms with Crippen LogP contribution in [0.15, 0.2) is 71.6 Å². The number of hydrogen-bond donors (Lipinski definition) is 3. The number of nitrogens with zero attached hydrogens (tertiary/aromatic N) is 2. The van der Waals surface area contributed by atoms with Gasteiger partial charge >= 0.3 is 7.12 Å². The quantitative estimate of drug-likeness (QED) is 0.143. The largest absolute Gasteiger partial charge is 0.494 e. The fourth-order valence-electron chi connectivity index (χ4n) is 8.28. The molecular formula is C43H56BN5O6. The van der Waals surface area contributed by atoms with Crippen molar-refractivity contribution in [2.75, 3.05) is 0 Å². The average Bonchev–Trinajstić information content (AvgIpc) is 3.95. The van der Waals surface area contributed by atoms with E-state index in [0.29, 0.717) is 36.3 Å². The van der Waals surface area contributed by atoms with Gasteiger partial charge in [-0.3, -0.25) is 14.4 Å². The molecule has 4 aromatic rings. The Bertz CT molecular complexity index is 1960. The van der Waals surface area contributed by atoms with Gasteiger partial charge in [-0.05, 0) is 85.0 Å². The molecule has 12 heteroatoms. The molecule has 2 aromatic carbocycles. The smallest absolute Gasteiger partial charge is 0.444 e. The van der Waals surface area contributed by atoms with Crippen LogP contribution in [-0.2, 0) is 25.4 Å².